The molecular weight excluding hydrogens is 359 g/mol. The van der Waals surface area contributed by atoms with E-state index < -0.39 is 17.3 Å². The van der Waals surface area contributed by atoms with E-state index in [1.54, 1.807) is 0 Å². The van der Waals surface area contributed by atoms with Crippen molar-refractivity contribution in [3.63, 3.8) is 0 Å². The smallest absolute Gasteiger partial charge is 0.310 e. The lowest BCUT2D eigenvalue weighted by molar-refractivity contribution is -0.147. The Hall–Kier alpha value is -1.54. The molecule has 0 bridgehead atoms. The minimum absolute atomic E-state index is 0.0650. The number of carboxylic acid groups (broad SMARTS) is 1. The number of ketones is 1. The van der Waals surface area contributed by atoms with Crippen molar-refractivity contribution in [2.24, 2.45) is 17.3 Å². The molecule has 2 unspecified atom stereocenters. The highest BCUT2D eigenvalue weighted by atomic mass is 31.0. The van der Waals surface area contributed by atoms with Gasteiger partial charge in [0, 0.05) is 11.0 Å². The Balaban J connectivity index is 0.00000176. The number of carboxylic acids is 1. The standard InChI is InChI=1S/C22H32O3.H2OP/c1-14(2)11-18(21(24)25)22(9-7-6-8-10-22)20(23)19-16(4)12-15(3)13-17(19)5;1-2/h12-14,18H,6-11H2,1-5H3,(H,24,25);2H2/q;+1. The minimum Gasteiger partial charge on any atom is -0.481 e. The maximum Gasteiger partial charge on any atom is 0.310 e. The largest absolute Gasteiger partial charge is 0.481 e. The molecule has 0 radical (unpaired) electrons. The second-order valence-corrected chi connectivity index (χ2v) is 8.34. The van der Waals surface area contributed by atoms with E-state index in [-0.39, 0.29) is 11.7 Å². The van der Waals surface area contributed by atoms with Gasteiger partial charge in [0.1, 0.15) is 0 Å². The average molecular weight is 393 g/mol. The maximum atomic E-state index is 13.7. The second-order valence-electron chi connectivity index (χ2n) is 8.34. The Kier molecular flexibility index (Phi) is 8.81. The van der Waals surface area contributed by atoms with Gasteiger partial charge in [-0.15, -0.1) is 0 Å². The molecule has 2 rings (SSSR count). The fourth-order valence-electron chi connectivity index (χ4n) is 4.74. The number of carbonyl (C=O) groups excluding carboxylic acids is 1. The first kappa shape index (κ1) is 23.5. The number of Topliss-reactive ketones (excluding diaryl/α,β-unsaturated/α-hetero) is 1. The van der Waals surface area contributed by atoms with Gasteiger partial charge < -0.3 is 5.11 Å². The third-order valence-electron chi connectivity index (χ3n) is 5.77. The average Bonchev–Trinajstić information content (AvgIpc) is 2.60. The van der Waals surface area contributed by atoms with Crippen LogP contribution in [0.25, 0.3) is 0 Å². The summed E-state index contributed by atoms with van der Waals surface area (Å²) >= 11 is 0. The Morgan fingerprint density at radius 3 is 1.93 bits per heavy atom. The van der Waals surface area contributed by atoms with Gasteiger partial charge in [-0.2, -0.15) is 0 Å². The van der Waals surface area contributed by atoms with E-state index in [0.29, 0.717) is 19.3 Å². The van der Waals surface area contributed by atoms with Gasteiger partial charge in [0.15, 0.2) is 5.78 Å². The van der Waals surface area contributed by atoms with Crippen LogP contribution in [0.5, 0.6) is 0 Å². The molecule has 1 aliphatic carbocycles. The molecular formula is C22H34O4P+. The van der Waals surface area contributed by atoms with E-state index in [4.69, 9.17) is 4.57 Å². The van der Waals surface area contributed by atoms with Gasteiger partial charge in [-0.3, -0.25) is 9.59 Å². The number of benzene rings is 1. The van der Waals surface area contributed by atoms with Gasteiger partial charge in [0.25, 0.3) is 0 Å². The van der Waals surface area contributed by atoms with Crippen molar-refractivity contribution in [1.29, 1.82) is 0 Å². The van der Waals surface area contributed by atoms with E-state index in [1.165, 1.54) is 9.12 Å². The van der Waals surface area contributed by atoms with E-state index >= 15 is 0 Å². The summed E-state index contributed by atoms with van der Waals surface area (Å²) in [6, 6.07) is 4.07. The highest BCUT2D eigenvalue weighted by Crippen LogP contribution is 2.48. The summed E-state index contributed by atoms with van der Waals surface area (Å²) in [5.74, 6) is -1.09. The van der Waals surface area contributed by atoms with Crippen LogP contribution in [0.2, 0.25) is 0 Å². The maximum absolute atomic E-state index is 13.7. The highest BCUT2D eigenvalue weighted by molar-refractivity contribution is 7.00. The van der Waals surface area contributed by atoms with Crippen molar-refractivity contribution in [1.82, 2.24) is 0 Å². The molecule has 27 heavy (non-hydrogen) atoms. The van der Waals surface area contributed by atoms with Crippen LogP contribution < -0.4 is 0 Å². The van der Waals surface area contributed by atoms with Crippen LogP contribution in [-0.2, 0) is 9.36 Å². The number of hydrogen-bond acceptors (Lipinski definition) is 3. The molecule has 1 aliphatic rings. The monoisotopic (exact) mass is 393 g/mol. The van der Waals surface area contributed by atoms with E-state index in [9.17, 15) is 14.7 Å². The van der Waals surface area contributed by atoms with Crippen molar-refractivity contribution in [2.75, 3.05) is 0 Å². The van der Waals surface area contributed by atoms with Crippen molar-refractivity contribution < 1.29 is 19.3 Å². The molecule has 1 N–H and O–H groups in total. The molecule has 0 spiro atoms. The second kappa shape index (κ2) is 10.1. The van der Waals surface area contributed by atoms with Gasteiger partial charge in [-0.05, 0) is 57.1 Å². The summed E-state index contributed by atoms with van der Waals surface area (Å²) in [5.41, 5.74) is 3.09. The van der Waals surface area contributed by atoms with Gasteiger partial charge >= 0.3 is 15.1 Å². The van der Waals surface area contributed by atoms with Crippen LogP contribution in [0, 0.1) is 38.0 Å². The van der Waals surface area contributed by atoms with Crippen LogP contribution >= 0.6 is 9.12 Å². The SMILES string of the molecule is Cc1cc(C)c(C(=O)C2(C(CC(C)C)C(=O)O)CCCCC2)c(C)c1.O=[PH2+]. The highest BCUT2D eigenvalue weighted by Gasteiger charge is 2.50. The molecule has 2 atom stereocenters. The molecule has 0 amide bonds. The quantitative estimate of drug-likeness (QED) is 0.497. The molecule has 0 saturated heterocycles. The summed E-state index contributed by atoms with van der Waals surface area (Å²) in [6.07, 6.45) is 4.93. The van der Waals surface area contributed by atoms with Gasteiger partial charge in [0.2, 0.25) is 0 Å². The topological polar surface area (TPSA) is 71.4 Å². The van der Waals surface area contributed by atoms with Gasteiger partial charge in [0.05, 0.1) is 5.92 Å². The number of rotatable bonds is 6. The summed E-state index contributed by atoms with van der Waals surface area (Å²) in [5, 5.41) is 9.97. The lowest BCUT2D eigenvalue weighted by Gasteiger charge is -2.41. The molecule has 0 aromatic heterocycles. The van der Waals surface area contributed by atoms with Crippen molar-refractivity contribution in [3.05, 3.63) is 34.4 Å². The first-order valence-electron chi connectivity index (χ1n) is 9.78. The normalized spacial score (nSPS) is 17.0. The summed E-state index contributed by atoms with van der Waals surface area (Å²) in [6.45, 7) is 10.1. The summed E-state index contributed by atoms with van der Waals surface area (Å²) in [7, 11) is 1.17. The lowest BCUT2D eigenvalue weighted by Crippen LogP contribution is -2.45. The Morgan fingerprint density at radius 1 is 1.04 bits per heavy atom. The molecule has 1 aromatic carbocycles. The Labute approximate surface area is 165 Å². The number of hydrogen-bond donors (Lipinski definition) is 1. The summed E-state index contributed by atoms with van der Waals surface area (Å²) < 4.78 is 8.17. The molecule has 0 heterocycles. The Morgan fingerprint density at radius 2 is 1.52 bits per heavy atom. The molecule has 1 aromatic rings. The third kappa shape index (κ3) is 5.25. The number of carbonyl (C=O) groups is 2. The molecule has 4 nitrogen and oxygen atoms in total. The fraction of sp³-hybridized carbons (Fsp3) is 0.636. The molecule has 0 aliphatic heterocycles. The molecule has 1 fully saturated rings. The number of aryl methyl sites for hydroxylation is 3. The van der Waals surface area contributed by atoms with Crippen LogP contribution in [-0.4, -0.2) is 16.9 Å². The number of aliphatic carboxylic acids is 1. The third-order valence-corrected chi connectivity index (χ3v) is 5.77. The molecule has 5 heteroatoms. The zero-order chi connectivity index (χ0) is 20.8. The summed E-state index contributed by atoms with van der Waals surface area (Å²) in [4.78, 5) is 25.9. The van der Waals surface area contributed by atoms with E-state index in [2.05, 4.69) is 0 Å². The van der Waals surface area contributed by atoms with Gasteiger partial charge in [-0.1, -0.05) is 55.4 Å². The minimum atomic E-state index is -0.814. The molecule has 150 valence electrons. The zero-order valence-corrected chi connectivity index (χ0v) is 18.5. The Bertz CT molecular complexity index is 652. The predicted octanol–water partition coefficient (Wildman–Crippen LogP) is 5.70. The van der Waals surface area contributed by atoms with Crippen LogP contribution in [0.3, 0.4) is 0 Å². The van der Waals surface area contributed by atoms with Crippen LogP contribution in [0.1, 0.15) is 79.4 Å². The predicted molar refractivity (Wildman–Crippen MR) is 111 cm³/mol. The fourth-order valence-corrected chi connectivity index (χ4v) is 4.74. The molecule has 1 saturated carbocycles. The van der Waals surface area contributed by atoms with Gasteiger partial charge in [-0.25, -0.2) is 0 Å². The van der Waals surface area contributed by atoms with Crippen molar-refractivity contribution in [3.8, 4) is 0 Å². The zero-order valence-electron chi connectivity index (χ0n) is 17.3. The van der Waals surface area contributed by atoms with Crippen LogP contribution in [0.15, 0.2) is 12.1 Å². The van der Waals surface area contributed by atoms with Crippen molar-refractivity contribution >= 4 is 20.9 Å². The van der Waals surface area contributed by atoms with E-state index in [0.717, 1.165) is 41.5 Å². The van der Waals surface area contributed by atoms with Crippen molar-refractivity contribution in [2.45, 2.75) is 73.1 Å². The first-order chi connectivity index (χ1) is 12.7. The first-order valence-corrected chi connectivity index (χ1v) is 10.2. The van der Waals surface area contributed by atoms with E-state index in [1.807, 2.05) is 46.8 Å². The van der Waals surface area contributed by atoms with Crippen LogP contribution in [0.4, 0.5) is 0 Å². The lowest BCUT2D eigenvalue weighted by atomic mass is 9.60.